The molecule has 3 atom stereocenters. The van der Waals surface area contributed by atoms with Crippen LogP contribution in [-0.4, -0.2) is 35.1 Å². The van der Waals surface area contributed by atoms with Crippen LogP contribution >= 0.6 is 0 Å². The third-order valence-electron chi connectivity index (χ3n) is 3.65. The number of hydrogen-bond donors (Lipinski definition) is 1. The summed E-state index contributed by atoms with van der Waals surface area (Å²) in [4.78, 5) is 13.6. The van der Waals surface area contributed by atoms with Crippen LogP contribution in [0, 0.1) is 24.2 Å². The van der Waals surface area contributed by atoms with Gasteiger partial charge in [-0.05, 0) is 18.8 Å². The summed E-state index contributed by atoms with van der Waals surface area (Å²) in [5.74, 6) is 3.47. The second-order valence-electron chi connectivity index (χ2n) is 4.57. The van der Waals surface area contributed by atoms with Crippen molar-refractivity contribution < 1.29 is 9.90 Å². The summed E-state index contributed by atoms with van der Waals surface area (Å²) in [6.07, 6.45) is 7.87. The Morgan fingerprint density at radius 3 is 2.93 bits per heavy atom. The van der Waals surface area contributed by atoms with E-state index >= 15 is 0 Å². The molecule has 1 heterocycles. The summed E-state index contributed by atoms with van der Waals surface area (Å²) in [5, 5.41) is 9.70. The average molecular weight is 207 g/mol. The van der Waals surface area contributed by atoms with Gasteiger partial charge in [-0.3, -0.25) is 4.79 Å². The molecule has 0 aromatic heterocycles. The van der Waals surface area contributed by atoms with Crippen LogP contribution in [0.4, 0.5) is 0 Å². The molecule has 3 unspecified atom stereocenters. The fourth-order valence-corrected chi connectivity index (χ4v) is 2.78. The van der Waals surface area contributed by atoms with Crippen molar-refractivity contribution in [2.75, 3.05) is 13.1 Å². The molecule has 2 aliphatic rings. The van der Waals surface area contributed by atoms with E-state index in [2.05, 4.69) is 5.92 Å². The molecule has 0 aromatic rings. The number of nitrogens with zero attached hydrogens (tertiary/aromatic N) is 1. The second kappa shape index (κ2) is 4.24. The van der Waals surface area contributed by atoms with Crippen LogP contribution in [0.25, 0.3) is 0 Å². The van der Waals surface area contributed by atoms with Crippen LogP contribution in [0.5, 0.6) is 0 Å². The summed E-state index contributed by atoms with van der Waals surface area (Å²) in [5.41, 5.74) is 0. The molecule has 1 aliphatic heterocycles. The fourth-order valence-electron chi connectivity index (χ4n) is 2.78. The highest BCUT2D eigenvalue weighted by Crippen LogP contribution is 2.38. The summed E-state index contributed by atoms with van der Waals surface area (Å²) in [7, 11) is 0. The molecule has 1 N–H and O–H groups in total. The molecule has 0 radical (unpaired) electrons. The molecular weight excluding hydrogens is 190 g/mol. The topological polar surface area (TPSA) is 40.5 Å². The van der Waals surface area contributed by atoms with Gasteiger partial charge in [0, 0.05) is 31.8 Å². The van der Waals surface area contributed by atoms with Gasteiger partial charge in [-0.15, -0.1) is 12.3 Å². The molecule has 2 rings (SSSR count). The highest BCUT2D eigenvalue weighted by atomic mass is 16.3. The van der Waals surface area contributed by atoms with Crippen molar-refractivity contribution in [1.29, 1.82) is 0 Å². The number of carbonyl (C=O) groups is 1. The Morgan fingerprint density at radius 2 is 2.27 bits per heavy atom. The van der Waals surface area contributed by atoms with E-state index in [0.717, 1.165) is 25.9 Å². The molecule has 15 heavy (non-hydrogen) atoms. The molecule has 0 spiro atoms. The smallest absolute Gasteiger partial charge is 0.223 e. The number of terminal acetylenes is 1. The molecule has 1 amide bonds. The zero-order chi connectivity index (χ0) is 10.8. The number of fused-ring (bicyclic) bond motifs is 1. The van der Waals surface area contributed by atoms with Crippen molar-refractivity contribution in [3.8, 4) is 12.3 Å². The molecule has 1 saturated carbocycles. The lowest BCUT2D eigenvalue weighted by Gasteiger charge is -2.17. The lowest BCUT2D eigenvalue weighted by Crippen LogP contribution is -2.30. The fraction of sp³-hybridized carbons (Fsp3) is 0.750. The zero-order valence-electron chi connectivity index (χ0n) is 8.85. The van der Waals surface area contributed by atoms with Crippen LogP contribution in [-0.2, 0) is 4.79 Å². The Balaban J connectivity index is 1.88. The van der Waals surface area contributed by atoms with E-state index in [1.54, 1.807) is 0 Å². The molecule has 2 fully saturated rings. The van der Waals surface area contributed by atoms with Crippen molar-refractivity contribution >= 4 is 5.91 Å². The minimum absolute atomic E-state index is 0.148. The van der Waals surface area contributed by atoms with Gasteiger partial charge in [0.15, 0.2) is 0 Å². The van der Waals surface area contributed by atoms with Crippen LogP contribution in [0.3, 0.4) is 0 Å². The van der Waals surface area contributed by atoms with Gasteiger partial charge in [0.1, 0.15) is 0 Å². The maximum Gasteiger partial charge on any atom is 0.223 e. The Labute approximate surface area is 90.5 Å². The van der Waals surface area contributed by atoms with E-state index in [1.165, 1.54) is 0 Å². The molecule has 1 saturated heterocycles. The van der Waals surface area contributed by atoms with Gasteiger partial charge in [-0.25, -0.2) is 0 Å². The quantitative estimate of drug-likeness (QED) is 0.675. The van der Waals surface area contributed by atoms with Crippen molar-refractivity contribution in [3.63, 3.8) is 0 Å². The second-order valence-corrected chi connectivity index (χ2v) is 4.57. The molecule has 0 bridgehead atoms. The number of rotatable bonds is 2. The van der Waals surface area contributed by atoms with Gasteiger partial charge in [0.25, 0.3) is 0 Å². The van der Waals surface area contributed by atoms with Crippen molar-refractivity contribution in [2.45, 2.75) is 31.8 Å². The van der Waals surface area contributed by atoms with Gasteiger partial charge >= 0.3 is 0 Å². The first-order chi connectivity index (χ1) is 7.22. The Bertz CT molecular complexity index is 294. The molecule has 3 nitrogen and oxygen atoms in total. The zero-order valence-corrected chi connectivity index (χ0v) is 8.85. The minimum Gasteiger partial charge on any atom is -0.393 e. The third-order valence-corrected chi connectivity index (χ3v) is 3.65. The van der Waals surface area contributed by atoms with Crippen LogP contribution in [0.2, 0.25) is 0 Å². The van der Waals surface area contributed by atoms with Gasteiger partial charge in [0.2, 0.25) is 5.91 Å². The first-order valence-electron chi connectivity index (χ1n) is 5.61. The predicted molar refractivity (Wildman–Crippen MR) is 56.9 cm³/mol. The number of amides is 1. The van der Waals surface area contributed by atoms with E-state index in [1.807, 2.05) is 4.90 Å². The van der Waals surface area contributed by atoms with Gasteiger partial charge in [-0.1, -0.05) is 0 Å². The van der Waals surface area contributed by atoms with Crippen LogP contribution in [0.15, 0.2) is 0 Å². The Morgan fingerprint density at radius 1 is 1.47 bits per heavy atom. The Hall–Kier alpha value is -1.01. The average Bonchev–Trinajstić information content (AvgIpc) is 2.78. The first kappa shape index (κ1) is 10.5. The number of aliphatic hydroxyl groups is 1. The first-order valence-corrected chi connectivity index (χ1v) is 5.61. The summed E-state index contributed by atoms with van der Waals surface area (Å²) < 4.78 is 0. The molecule has 3 heteroatoms. The molecule has 1 aliphatic carbocycles. The van der Waals surface area contributed by atoms with Crippen LogP contribution in [0.1, 0.15) is 25.7 Å². The number of likely N-dealkylation sites (tertiary alicyclic amines) is 1. The van der Waals surface area contributed by atoms with Crippen molar-refractivity contribution in [3.05, 3.63) is 0 Å². The number of carbonyl (C=O) groups excluding carboxylic acids is 1. The van der Waals surface area contributed by atoms with E-state index in [9.17, 15) is 9.90 Å². The largest absolute Gasteiger partial charge is 0.393 e. The third kappa shape index (κ3) is 2.00. The summed E-state index contributed by atoms with van der Waals surface area (Å²) in [6, 6.07) is 0. The van der Waals surface area contributed by atoms with E-state index < -0.39 is 0 Å². The van der Waals surface area contributed by atoms with Gasteiger partial charge < -0.3 is 10.0 Å². The molecule has 82 valence electrons. The van der Waals surface area contributed by atoms with Crippen molar-refractivity contribution in [2.24, 2.45) is 11.8 Å². The summed E-state index contributed by atoms with van der Waals surface area (Å²) >= 11 is 0. The standard InChI is InChI=1S/C12H17NO2/c1-2-3-4-12(15)13-7-9-5-6-11(14)10(9)8-13/h1,9-11,14H,3-8H2. The van der Waals surface area contributed by atoms with E-state index in [0.29, 0.717) is 24.7 Å². The highest BCUT2D eigenvalue weighted by Gasteiger charge is 2.42. The van der Waals surface area contributed by atoms with E-state index in [-0.39, 0.29) is 12.0 Å². The van der Waals surface area contributed by atoms with Gasteiger partial charge in [0.05, 0.1) is 6.10 Å². The number of hydrogen-bond acceptors (Lipinski definition) is 2. The van der Waals surface area contributed by atoms with Gasteiger partial charge in [-0.2, -0.15) is 0 Å². The summed E-state index contributed by atoms with van der Waals surface area (Å²) in [6.45, 7) is 1.56. The lowest BCUT2D eigenvalue weighted by molar-refractivity contribution is -0.130. The maximum absolute atomic E-state index is 11.7. The number of aliphatic hydroxyl groups excluding tert-OH is 1. The Kier molecular flexibility index (Phi) is 2.97. The van der Waals surface area contributed by atoms with Crippen molar-refractivity contribution in [1.82, 2.24) is 4.90 Å². The molecular formula is C12H17NO2. The van der Waals surface area contributed by atoms with E-state index in [4.69, 9.17) is 6.42 Å². The maximum atomic E-state index is 11.7. The monoisotopic (exact) mass is 207 g/mol. The normalized spacial score (nSPS) is 33.9. The highest BCUT2D eigenvalue weighted by molar-refractivity contribution is 5.76. The SMILES string of the molecule is C#CCCC(=O)N1CC2CCC(O)C2C1. The minimum atomic E-state index is -0.194. The van der Waals surface area contributed by atoms with Crippen LogP contribution < -0.4 is 0 Å². The molecule has 0 aromatic carbocycles. The lowest BCUT2D eigenvalue weighted by atomic mass is 10.00. The predicted octanol–water partition coefficient (Wildman–Crippen LogP) is 0.629.